The van der Waals surface area contributed by atoms with E-state index in [1.807, 2.05) is 67.8 Å². The van der Waals surface area contributed by atoms with Gasteiger partial charge in [-0.05, 0) is 44.0 Å². The molecule has 140 valence electrons. The summed E-state index contributed by atoms with van der Waals surface area (Å²) in [5.74, 6) is 0.944. The van der Waals surface area contributed by atoms with Crippen molar-refractivity contribution in [1.29, 1.82) is 0 Å². The average Bonchev–Trinajstić information content (AvgIpc) is 3.11. The lowest BCUT2D eigenvalue weighted by Crippen LogP contribution is -2.33. The zero-order valence-corrected chi connectivity index (χ0v) is 16.5. The van der Waals surface area contributed by atoms with Crippen molar-refractivity contribution in [3.63, 3.8) is 0 Å². The summed E-state index contributed by atoms with van der Waals surface area (Å²) in [4.78, 5) is 16.6. The van der Waals surface area contributed by atoms with Crippen LogP contribution in [-0.2, 0) is 4.79 Å². The number of thioether (sulfide) groups is 1. The van der Waals surface area contributed by atoms with E-state index in [9.17, 15) is 4.79 Å². The van der Waals surface area contributed by atoms with Crippen molar-refractivity contribution in [2.24, 2.45) is 0 Å². The smallest absolute Gasteiger partial charge is 0.230 e. The SMILES string of the molecule is CC[C@@H](C)NC(=O)CSc1nnc(-c2ccccn2)n1-c1ccccc1C. The molecular weight excluding hydrogens is 358 g/mol. The van der Waals surface area contributed by atoms with Crippen LogP contribution in [-0.4, -0.2) is 37.5 Å². The van der Waals surface area contributed by atoms with Crippen LogP contribution < -0.4 is 5.32 Å². The van der Waals surface area contributed by atoms with Gasteiger partial charge in [0.05, 0.1) is 11.4 Å². The maximum atomic E-state index is 12.2. The van der Waals surface area contributed by atoms with Gasteiger partial charge in [-0.3, -0.25) is 14.3 Å². The van der Waals surface area contributed by atoms with Gasteiger partial charge in [0.2, 0.25) is 5.91 Å². The van der Waals surface area contributed by atoms with E-state index < -0.39 is 0 Å². The quantitative estimate of drug-likeness (QED) is 0.633. The summed E-state index contributed by atoms with van der Waals surface area (Å²) in [7, 11) is 0. The number of hydrogen-bond acceptors (Lipinski definition) is 5. The Morgan fingerprint density at radius 3 is 2.67 bits per heavy atom. The van der Waals surface area contributed by atoms with Crippen LogP contribution >= 0.6 is 11.8 Å². The van der Waals surface area contributed by atoms with Gasteiger partial charge in [0, 0.05) is 12.2 Å². The van der Waals surface area contributed by atoms with E-state index in [1.165, 1.54) is 11.8 Å². The van der Waals surface area contributed by atoms with Crippen molar-refractivity contribution in [3.8, 4) is 17.2 Å². The first-order valence-corrected chi connectivity index (χ1v) is 9.93. The number of aromatic nitrogens is 4. The highest BCUT2D eigenvalue weighted by Gasteiger charge is 2.19. The zero-order valence-electron chi connectivity index (χ0n) is 15.7. The van der Waals surface area contributed by atoms with Crippen LogP contribution in [0, 0.1) is 6.92 Å². The first kappa shape index (κ1) is 19.1. The third-order valence-electron chi connectivity index (χ3n) is 4.24. The molecule has 1 N–H and O–H groups in total. The fourth-order valence-corrected chi connectivity index (χ4v) is 3.36. The fraction of sp³-hybridized carbons (Fsp3) is 0.300. The van der Waals surface area contributed by atoms with Crippen molar-refractivity contribution < 1.29 is 4.79 Å². The molecule has 27 heavy (non-hydrogen) atoms. The predicted octanol–water partition coefficient (Wildman–Crippen LogP) is 3.64. The number of carbonyl (C=O) groups excluding carboxylic acids is 1. The first-order chi connectivity index (χ1) is 13.1. The molecule has 0 spiro atoms. The van der Waals surface area contributed by atoms with Gasteiger partial charge in [0.1, 0.15) is 5.69 Å². The van der Waals surface area contributed by atoms with Crippen molar-refractivity contribution in [2.75, 3.05) is 5.75 Å². The molecular formula is C20H23N5OS. The monoisotopic (exact) mass is 381 g/mol. The van der Waals surface area contributed by atoms with E-state index in [1.54, 1.807) is 6.20 Å². The Balaban J connectivity index is 1.94. The van der Waals surface area contributed by atoms with Crippen LogP contribution in [0.5, 0.6) is 0 Å². The number of rotatable bonds is 7. The second-order valence-corrected chi connectivity index (χ2v) is 7.25. The molecule has 0 radical (unpaired) electrons. The van der Waals surface area contributed by atoms with Crippen LogP contribution in [0.4, 0.5) is 0 Å². The van der Waals surface area contributed by atoms with E-state index in [-0.39, 0.29) is 17.7 Å². The van der Waals surface area contributed by atoms with Crippen molar-refractivity contribution in [2.45, 2.75) is 38.4 Å². The maximum absolute atomic E-state index is 12.2. The van der Waals surface area contributed by atoms with Crippen LogP contribution in [0.25, 0.3) is 17.2 Å². The minimum Gasteiger partial charge on any atom is -0.353 e. The summed E-state index contributed by atoms with van der Waals surface area (Å²) in [6.07, 6.45) is 2.64. The van der Waals surface area contributed by atoms with Gasteiger partial charge >= 0.3 is 0 Å². The Kier molecular flexibility index (Phi) is 6.24. The highest BCUT2D eigenvalue weighted by Crippen LogP contribution is 2.28. The van der Waals surface area contributed by atoms with Gasteiger partial charge in [-0.25, -0.2) is 0 Å². The number of aryl methyl sites for hydroxylation is 1. The maximum Gasteiger partial charge on any atom is 0.230 e. The molecule has 0 fully saturated rings. The Hall–Kier alpha value is -2.67. The number of carbonyl (C=O) groups is 1. The summed E-state index contributed by atoms with van der Waals surface area (Å²) in [5, 5.41) is 12.3. The average molecular weight is 382 g/mol. The standard InChI is InChI=1S/C20H23N5OS/c1-4-15(3)22-18(26)13-27-20-24-23-19(16-10-7-8-12-21-16)25(20)17-11-6-5-9-14(17)2/h5-12,15H,4,13H2,1-3H3,(H,22,26)/t15-/m1/s1. The summed E-state index contributed by atoms with van der Waals surface area (Å²) in [6, 6.07) is 13.9. The van der Waals surface area contributed by atoms with E-state index in [2.05, 4.69) is 20.5 Å². The molecule has 2 aromatic heterocycles. The normalized spacial score (nSPS) is 12.0. The third-order valence-corrected chi connectivity index (χ3v) is 5.16. The Labute approximate surface area is 163 Å². The van der Waals surface area contributed by atoms with E-state index in [4.69, 9.17) is 0 Å². The minimum atomic E-state index is -0.00642. The second-order valence-electron chi connectivity index (χ2n) is 6.31. The molecule has 0 saturated carbocycles. The lowest BCUT2D eigenvalue weighted by molar-refractivity contribution is -0.119. The lowest BCUT2D eigenvalue weighted by Gasteiger charge is -2.13. The number of pyridine rings is 1. The fourth-order valence-electron chi connectivity index (χ4n) is 2.60. The number of para-hydroxylation sites is 1. The van der Waals surface area contributed by atoms with Gasteiger partial charge in [-0.1, -0.05) is 43.0 Å². The third kappa shape index (κ3) is 4.54. The van der Waals surface area contributed by atoms with Crippen molar-refractivity contribution in [3.05, 3.63) is 54.2 Å². The molecule has 0 saturated heterocycles. The van der Waals surface area contributed by atoms with Gasteiger partial charge in [0.25, 0.3) is 0 Å². The number of benzene rings is 1. The summed E-state index contributed by atoms with van der Waals surface area (Å²) >= 11 is 1.38. The Morgan fingerprint density at radius 2 is 1.96 bits per heavy atom. The summed E-state index contributed by atoms with van der Waals surface area (Å²) in [6.45, 7) is 6.09. The number of nitrogens with zero attached hydrogens (tertiary/aromatic N) is 4. The van der Waals surface area contributed by atoms with Gasteiger partial charge in [-0.2, -0.15) is 0 Å². The molecule has 0 aliphatic rings. The van der Waals surface area contributed by atoms with Gasteiger partial charge < -0.3 is 5.32 Å². The lowest BCUT2D eigenvalue weighted by atomic mass is 10.2. The van der Waals surface area contributed by atoms with E-state index in [0.717, 1.165) is 23.4 Å². The van der Waals surface area contributed by atoms with Gasteiger partial charge in [0.15, 0.2) is 11.0 Å². The molecule has 3 rings (SSSR count). The van der Waals surface area contributed by atoms with Crippen molar-refractivity contribution >= 4 is 17.7 Å². The summed E-state index contributed by atoms with van der Waals surface area (Å²) in [5.41, 5.74) is 2.82. The zero-order chi connectivity index (χ0) is 19.2. The molecule has 1 aromatic carbocycles. The van der Waals surface area contributed by atoms with Crippen LogP contribution in [0.2, 0.25) is 0 Å². The van der Waals surface area contributed by atoms with E-state index >= 15 is 0 Å². The predicted molar refractivity (Wildman–Crippen MR) is 108 cm³/mol. The molecule has 0 unspecified atom stereocenters. The molecule has 6 nitrogen and oxygen atoms in total. The highest BCUT2D eigenvalue weighted by atomic mass is 32.2. The minimum absolute atomic E-state index is 0.00642. The number of amides is 1. The molecule has 0 aliphatic heterocycles. The molecule has 0 aliphatic carbocycles. The Morgan fingerprint density at radius 1 is 1.19 bits per heavy atom. The number of hydrogen-bond donors (Lipinski definition) is 1. The topological polar surface area (TPSA) is 72.7 Å². The van der Waals surface area contributed by atoms with Crippen LogP contribution in [0.3, 0.4) is 0 Å². The molecule has 2 heterocycles. The number of nitrogens with one attached hydrogen (secondary N) is 1. The second kappa shape index (κ2) is 8.81. The Bertz CT molecular complexity index is 910. The van der Waals surface area contributed by atoms with E-state index in [0.29, 0.717) is 11.0 Å². The van der Waals surface area contributed by atoms with Crippen molar-refractivity contribution in [1.82, 2.24) is 25.1 Å². The highest BCUT2D eigenvalue weighted by molar-refractivity contribution is 7.99. The van der Waals surface area contributed by atoms with Crippen LogP contribution in [0.15, 0.2) is 53.8 Å². The first-order valence-electron chi connectivity index (χ1n) is 8.95. The molecule has 7 heteroatoms. The summed E-state index contributed by atoms with van der Waals surface area (Å²) < 4.78 is 1.97. The molecule has 1 atom stereocenters. The molecule has 1 amide bonds. The molecule has 3 aromatic rings. The van der Waals surface area contributed by atoms with Gasteiger partial charge in [-0.15, -0.1) is 10.2 Å². The largest absolute Gasteiger partial charge is 0.353 e. The van der Waals surface area contributed by atoms with Crippen LogP contribution in [0.1, 0.15) is 25.8 Å². The molecule has 0 bridgehead atoms.